The topological polar surface area (TPSA) is 44.1 Å². The first-order valence-corrected chi connectivity index (χ1v) is 4.52. The number of nitrogens with zero attached hydrogens (tertiary/aromatic N) is 1. The summed E-state index contributed by atoms with van der Waals surface area (Å²) in [6.07, 6.45) is 0. The second-order valence-electron chi connectivity index (χ2n) is 3.47. The van der Waals surface area contributed by atoms with E-state index in [-0.39, 0.29) is 0 Å². The molecule has 0 aliphatic carbocycles. The van der Waals surface area contributed by atoms with Crippen molar-refractivity contribution < 1.29 is 4.42 Å². The number of hydrogen-bond acceptors (Lipinski definition) is 2. The maximum Gasteiger partial charge on any atom is 0.226 e. The molecule has 0 spiro atoms. The molecule has 0 fully saturated rings. The van der Waals surface area contributed by atoms with Crippen molar-refractivity contribution in [2.45, 2.75) is 6.92 Å². The number of nitrogens with two attached hydrogens (primary N) is 1. The van der Waals surface area contributed by atoms with E-state index in [2.05, 4.69) is 0 Å². The number of aromatic nitrogens is 1. The summed E-state index contributed by atoms with van der Waals surface area (Å²) < 4.78 is 7.22. The van der Waals surface area contributed by atoms with E-state index in [1.165, 1.54) is 0 Å². The lowest BCUT2D eigenvalue weighted by atomic mass is 10.2. The van der Waals surface area contributed by atoms with Crippen molar-refractivity contribution in [3.63, 3.8) is 0 Å². The van der Waals surface area contributed by atoms with Crippen LogP contribution in [0.2, 0.25) is 0 Å². The molecule has 0 atom stereocenters. The van der Waals surface area contributed by atoms with E-state index in [0.717, 1.165) is 27.8 Å². The van der Waals surface area contributed by atoms with Crippen LogP contribution in [0.5, 0.6) is 0 Å². The quantitative estimate of drug-likeness (QED) is 0.548. The van der Waals surface area contributed by atoms with Gasteiger partial charge in [-0.15, -0.1) is 0 Å². The fourth-order valence-corrected chi connectivity index (χ4v) is 1.81. The maximum atomic E-state index is 5.83. The van der Waals surface area contributed by atoms with Crippen molar-refractivity contribution in [1.29, 1.82) is 0 Å². The maximum absolute atomic E-state index is 5.83. The lowest BCUT2D eigenvalue weighted by Crippen LogP contribution is -2.08. The molecule has 0 saturated carbocycles. The first kappa shape index (κ1) is 7.50. The van der Waals surface area contributed by atoms with Gasteiger partial charge in [-0.25, -0.2) is 4.68 Å². The predicted molar refractivity (Wildman–Crippen MR) is 56.6 cm³/mol. The fourth-order valence-electron chi connectivity index (χ4n) is 1.81. The minimum Gasteiger partial charge on any atom is -0.438 e. The number of furan rings is 1. The first-order chi connectivity index (χ1) is 6.77. The molecule has 0 saturated heterocycles. The summed E-state index contributed by atoms with van der Waals surface area (Å²) in [5, 5.41) is 2.20. The Morgan fingerprint density at radius 1 is 1.21 bits per heavy atom. The summed E-state index contributed by atoms with van der Waals surface area (Å²) in [6.45, 7) is 1.96. The van der Waals surface area contributed by atoms with Gasteiger partial charge in [-0.3, -0.25) is 0 Å². The van der Waals surface area contributed by atoms with Gasteiger partial charge in [0.05, 0.1) is 0 Å². The number of para-hydroxylation sites is 1. The van der Waals surface area contributed by atoms with E-state index in [4.69, 9.17) is 10.3 Å². The van der Waals surface area contributed by atoms with Gasteiger partial charge < -0.3 is 10.3 Å². The van der Waals surface area contributed by atoms with Crippen LogP contribution in [0.15, 0.2) is 34.7 Å². The highest BCUT2D eigenvalue weighted by atomic mass is 16.3. The van der Waals surface area contributed by atoms with Crippen LogP contribution in [0.1, 0.15) is 5.69 Å². The molecule has 14 heavy (non-hydrogen) atoms. The van der Waals surface area contributed by atoms with Crippen LogP contribution in [0.25, 0.3) is 22.1 Å². The molecule has 0 aliphatic rings. The molecule has 2 N–H and O–H groups in total. The van der Waals surface area contributed by atoms with Crippen LogP contribution in [0.4, 0.5) is 0 Å². The summed E-state index contributed by atoms with van der Waals surface area (Å²) in [6, 6.07) is 9.99. The lowest BCUT2D eigenvalue weighted by Gasteiger charge is -1.93. The Kier molecular flexibility index (Phi) is 1.24. The molecule has 3 heteroatoms. The highest BCUT2D eigenvalue weighted by molar-refractivity contribution is 6.04. The molecular formula is C11H10N2O. The van der Waals surface area contributed by atoms with Crippen LogP contribution in [-0.2, 0) is 0 Å². The van der Waals surface area contributed by atoms with Gasteiger partial charge in [-0.1, -0.05) is 18.2 Å². The summed E-state index contributed by atoms with van der Waals surface area (Å²) in [7, 11) is 0. The highest BCUT2D eigenvalue weighted by Crippen LogP contribution is 2.29. The third-order valence-corrected chi connectivity index (χ3v) is 2.57. The minimum absolute atomic E-state index is 0.740. The summed E-state index contributed by atoms with van der Waals surface area (Å²) in [5.41, 5.74) is 2.63. The Hall–Kier alpha value is -1.90. The third kappa shape index (κ3) is 0.763. The number of aryl methyl sites for hydroxylation is 1. The molecular weight excluding hydrogens is 176 g/mol. The van der Waals surface area contributed by atoms with E-state index in [1.54, 1.807) is 4.68 Å². The predicted octanol–water partition coefficient (Wildman–Crippen LogP) is 2.41. The zero-order valence-electron chi connectivity index (χ0n) is 7.82. The number of nitrogen functional groups attached to an aromatic ring is 1. The molecule has 3 rings (SSSR count). The van der Waals surface area contributed by atoms with Crippen molar-refractivity contribution in [1.82, 2.24) is 4.68 Å². The van der Waals surface area contributed by atoms with Gasteiger partial charge in [0.1, 0.15) is 5.58 Å². The zero-order chi connectivity index (χ0) is 9.71. The Labute approximate surface area is 80.7 Å². The van der Waals surface area contributed by atoms with Crippen LogP contribution >= 0.6 is 0 Å². The first-order valence-electron chi connectivity index (χ1n) is 4.52. The molecule has 0 amide bonds. The SMILES string of the molecule is Cc1cc2c3ccccc3oc2n1N. The van der Waals surface area contributed by atoms with Gasteiger partial charge in [-0.2, -0.15) is 0 Å². The van der Waals surface area contributed by atoms with E-state index in [0.29, 0.717) is 0 Å². The van der Waals surface area contributed by atoms with Crippen molar-refractivity contribution in [3.8, 4) is 0 Å². The number of benzene rings is 1. The van der Waals surface area contributed by atoms with Crippen LogP contribution in [0.3, 0.4) is 0 Å². The second kappa shape index (κ2) is 2.32. The van der Waals surface area contributed by atoms with Gasteiger partial charge in [0.15, 0.2) is 0 Å². The number of hydrogen-bond donors (Lipinski definition) is 1. The molecule has 3 nitrogen and oxygen atoms in total. The Balaban J connectivity index is 2.60. The molecule has 3 aromatic rings. The van der Waals surface area contributed by atoms with Crippen molar-refractivity contribution in [2.24, 2.45) is 0 Å². The summed E-state index contributed by atoms with van der Waals surface area (Å²) >= 11 is 0. The van der Waals surface area contributed by atoms with Crippen molar-refractivity contribution in [3.05, 3.63) is 36.0 Å². The van der Waals surface area contributed by atoms with E-state index in [9.17, 15) is 0 Å². The molecule has 2 aromatic heterocycles. The van der Waals surface area contributed by atoms with Gasteiger partial charge >= 0.3 is 0 Å². The van der Waals surface area contributed by atoms with E-state index in [1.807, 2.05) is 37.3 Å². The fraction of sp³-hybridized carbons (Fsp3) is 0.0909. The largest absolute Gasteiger partial charge is 0.438 e. The Morgan fingerprint density at radius 2 is 2.00 bits per heavy atom. The zero-order valence-corrected chi connectivity index (χ0v) is 7.82. The molecule has 0 unspecified atom stereocenters. The average molecular weight is 186 g/mol. The van der Waals surface area contributed by atoms with Crippen molar-refractivity contribution in [2.75, 3.05) is 5.84 Å². The van der Waals surface area contributed by atoms with Crippen LogP contribution < -0.4 is 5.84 Å². The Morgan fingerprint density at radius 3 is 2.86 bits per heavy atom. The normalized spacial score (nSPS) is 11.5. The molecule has 0 aliphatic heterocycles. The van der Waals surface area contributed by atoms with Crippen LogP contribution in [0, 0.1) is 6.92 Å². The average Bonchev–Trinajstić information content (AvgIpc) is 2.67. The van der Waals surface area contributed by atoms with Gasteiger partial charge in [0.25, 0.3) is 0 Å². The molecule has 1 aromatic carbocycles. The smallest absolute Gasteiger partial charge is 0.226 e. The molecule has 0 bridgehead atoms. The Bertz CT molecular complexity index is 619. The minimum atomic E-state index is 0.740. The standard InChI is InChI=1S/C11H10N2O/c1-7-6-9-8-4-2-3-5-10(8)14-11(9)13(7)12/h2-6H,12H2,1H3. The monoisotopic (exact) mass is 186 g/mol. The van der Waals surface area contributed by atoms with E-state index >= 15 is 0 Å². The third-order valence-electron chi connectivity index (χ3n) is 2.57. The number of fused-ring (bicyclic) bond motifs is 3. The van der Waals surface area contributed by atoms with E-state index < -0.39 is 0 Å². The molecule has 70 valence electrons. The van der Waals surface area contributed by atoms with Crippen molar-refractivity contribution >= 4 is 22.1 Å². The summed E-state index contributed by atoms with van der Waals surface area (Å²) in [4.78, 5) is 0. The second-order valence-corrected chi connectivity index (χ2v) is 3.47. The van der Waals surface area contributed by atoms with Gasteiger partial charge in [-0.05, 0) is 19.1 Å². The van der Waals surface area contributed by atoms with Gasteiger partial charge in [0, 0.05) is 16.5 Å². The van der Waals surface area contributed by atoms with Gasteiger partial charge in [0.2, 0.25) is 5.71 Å². The molecule has 0 radical (unpaired) electrons. The summed E-state index contributed by atoms with van der Waals surface area (Å²) in [5.74, 6) is 5.83. The highest BCUT2D eigenvalue weighted by Gasteiger charge is 2.11. The lowest BCUT2D eigenvalue weighted by molar-refractivity contribution is 0.635. The molecule has 2 heterocycles. The van der Waals surface area contributed by atoms with Crippen LogP contribution in [-0.4, -0.2) is 4.68 Å². The number of rotatable bonds is 0.